The summed E-state index contributed by atoms with van der Waals surface area (Å²) in [7, 11) is 0. The normalized spacial score (nSPS) is 10.4. The van der Waals surface area contributed by atoms with Crippen molar-refractivity contribution in [3.63, 3.8) is 0 Å². The van der Waals surface area contributed by atoms with Gasteiger partial charge >= 0.3 is 0 Å². The molecule has 19 heavy (non-hydrogen) atoms. The van der Waals surface area contributed by atoms with E-state index in [-0.39, 0.29) is 22.7 Å². The monoisotopic (exact) mass is 280 g/mol. The van der Waals surface area contributed by atoms with Gasteiger partial charge in [-0.1, -0.05) is 24.4 Å². The second-order valence-corrected chi connectivity index (χ2v) is 4.37. The average molecular weight is 280 g/mol. The molecule has 98 valence electrons. The Hall–Kier alpha value is -2.08. The van der Waals surface area contributed by atoms with Gasteiger partial charge in [-0.3, -0.25) is 4.79 Å². The van der Waals surface area contributed by atoms with E-state index in [1.165, 1.54) is 29.0 Å². The van der Waals surface area contributed by atoms with E-state index < -0.39 is 17.2 Å². The highest BCUT2D eigenvalue weighted by Crippen LogP contribution is 2.12. The number of hydrogen-bond acceptors (Lipinski definition) is 2. The smallest absolute Gasteiger partial charge is 0.261 e. The fraction of sp³-hybridized carbons (Fsp3) is 0.0769. The predicted octanol–water partition coefficient (Wildman–Crippen LogP) is 1.81. The molecule has 1 aromatic carbocycles. The van der Waals surface area contributed by atoms with E-state index in [2.05, 4.69) is 0 Å². The lowest BCUT2D eigenvalue weighted by Gasteiger charge is -2.08. The Balaban J connectivity index is 2.45. The minimum absolute atomic E-state index is 0.0286. The summed E-state index contributed by atoms with van der Waals surface area (Å²) >= 11 is 4.75. The number of benzene rings is 1. The molecule has 0 saturated heterocycles. The molecule has 0 amide bonds. The van der Waals surface area contributed by atoms with Gasteiger partial charge in [0.25, 0.3) is 5.56 Å². The molecule has 0 spiro atoms. The predicted molar refractivity (Wildman–Crippen MR) is 72.0 cm³/mol. The number of nitrogens with zero attached hydrogens (tertiary/aromatic N) is 1. The van der Waals surface area contributed by atoms with Crippen LogP contribution in [0.1, 0.15) is 11.1 Å². The molecular formula is C13H10F2N2OS. The summed E-state index contributed by atoms with van der Waals surface area (Å²) in [5.74, 6) is -1.91. The van der Waals surface area contributed by atoms with Crippen molar-refractivity contribution in [2.24, 2.45) is 5.73 Å². The minimum Gasteiger partial charge on any atom is -0.389 e. The van der Waals surface area contributed by atoms with Crippen molar-refractivity contribution in [1.29, 1.82) is 0 Å². The summed E-state index contributed by atoms with van der Waals surface area (Å²) in [6, 6.07) is 6.89. The van der Waals surface area contributed by atoms with Gasteiger partial charge in [0, 0.05) is 11.8 Å². The Labute approximate surface area is 113 Å². The van der Waals surface area contributed by atoms with Crippen molar-refractivity contribution >= 4 is 17.2 Å². The Morgan fingerprint density at radius 3 is 2.68 bits per heavy atom. The molecule has 1 heterocycles. The van der Waals surface area contributed by atoms with E-state index in [9.17, 15) is 13.6 Å². The molecule has 0 aliphatic heterocycles. The molecule has 1 aromatic heterocycles. The van der Waals surface area contributed by atoms with Gasteiger partial charge in [0.1, 0.15) is 4.99 Å². The van der Waals surface area contributed by atoms with Gasteiger partial charge in [-0.2, -0.15) is 0 Å². The maximum absolute atomic E-state index is 13.5. The fourth-order valence-corrected chi connectivity index (χ4v) is 1.86. The lowest BCUT2D eigenvalue weighted by atomic mass is 10.2. The molecule has 6 heteroatoms. The minimum atomic E-state index is -0.963. The molecule has 0 fully saturated rings. The standard InChI is InChI=1S/C13H10F2N2OS/c14-10-5-1-3-8(11(10)15)7-17-6-2-4-9(12(16)19)13(17)18/h1-6H,7H2,(H2,16,19). The zero-order valence-corrected chi connectivity index (χ0v) is 10.6. The number of pyridine rings is 1. The van der Waals surface area contributed by atoms with E-state index in [1.807, 2.05) is 0 Å². The second kappa shape index (κ2) is 5.27. The van der Waals surface area contributed by atoms with Crippen LogP contribution in [0.15, 0.2) is 41.3 Å². The number of rotatable bonds is 3. The van der Waals surface area contributed by atoms with E-state index in [0.717, 1.165) is 6.07 Å². The van der Waals surface area contributed by atoms with Crippen molar-refractivity contribution in [2.75, 3.05) is 0 Å². The molecule has 0 aliphatic carbocycles. The van der Waals surface area contributed by atoms with Gasteiger partial charge in [-0.25, -0.2) is 8.78 Å². The average Bonchev–Trinajstić information content (AvgIpc) is 2.37. The largest absolute Gasteiger partial charge is 0.389 e. The lowest BCUT2D eigenvalue weighted by Crippen LogP contribution is -2.29. The van der Waals surface area contributed by atoms with Gasteiger partial charge in [0.15, 0.2) is 11.6 Å². The van der Waals surface area contributed by atoms with Crippen LogP contribution in [0.2, 0.25) is 0 Å². The molecule has 2 rings (SSSR count). The SMILES string of the molecule is NC(=S)c1cccn(Cc2cccc(F)c2F)c1=O. The highest BCUT2D eigenvalue weighted by Gasteiger charge is 2.10. The van der Waals surface area contributed by atoms with Crippen LogP contribution in [0.25, 0.3) is 0 Å². The Bertz CT molecular complexity index is 697. The molecule has 0 unspecified atom stereocenters. The van der Waals surface area contributed by atoms with Crippen molar-refractivity contribution in [3.8, 4) is 0 Å². The number of aromatic nitrogens is 1. The molecular weight excluding hydrogens is 270 g/mol. The fourth-order valence-electron chi connectivity index (χ4n) is 1.70. The topological polar surface area (TPSA) is 48.0 Å². The molecule has 0 atom stereocenters. The zero-order valence-electron chi connectivity index (χ0n) is 9.77. The zero-order chi connectivity index (χ0) is 14.0. The van der Waals surface area contributed by atoms with Gasteiger partial charge in [-0.15, -0.1) is 0 Å². The van der Waals surface area contributed by atoms with Gasteiger partial charge in [0.2, 0.25) is 0 Å². The summed E-state index contributed by atoms with van der Waals surface area (Å²) in [4.78, 5) is 12.0. The number of thiocarbonyl (C=S) groups is 1. The van der Waals surface area contributed by atoms with Gasteiger partial charge in [0.05, 0.1) is 12.1 Å². The summed E-state index contributed by atoms with van der Waals surface area (Å²) in [6.45, 7) is -0.0844. The first kappa shape index (κ1) is 13.4. The molecule has 0 radical (unpaired) electrons. The Morgan fingerprint density at radius 2 is 2.00 bits per heavy atom. The van der Waals surface area contributed by atoms with Crippen LogP contribution in [0.5, 0.6) is 0 Å². The van der Waals surface area contributed by atoms with E-state index in [1.54, 1.807) is 6.07 Å². The first-order valence-electron chi connectivity index (χ1n) is 5.43. The lowest BCUT2D eigenvalue weighted by molar-refractivity contribution is 0.494. The van der Waals surface area contributed by atoms with Crippen LogP contribution in [0.3, 0.4) is 0 Å². The molecule has 3 nitrogen and oxygen atoms in total. The summed E-state index contributed by atoms with van der Waals surface area (Å²) < 4.78 is 27.9. The molecule has 0 saturated carbocycles. The first-order valence-corrected chi connectivity index (χ1v) is 5.83. The Kier molecular flexibility index (Phi) is 3.71. The van der Waals surface area contributed by atoms with E-state index >= 15 is 0 Å². The molecule has 2 N–H and O–H groups in total. The maximum Gasteiger partial charge on any atom is 0.261 e. The maximum atomic E-state index is 13.5. The summed E-state index contributed by atoms with van der Waals surface area (Å²) in [5.41, 5.74) is 5.24. The van der Waals surface area contributed by atoms with E-state index in [0.29, 0.717) is 0 Å². The van der Waals surface area contributed by atoms with Crippen LogP contribution in [0, 0.1) is 11.6 Å². The van der Waals surface area contributed by atoms with Gasteiger partial charge in [-0.05, 0) is 18.2 Å². The third-order valence-corrected chi connectivity index (χ3v) is 2.88. The van der Waals surface area contributed by atoms with Crippen molar-refractivity contribution in [2.45, 2.75) is 6.54 Å². The molecule has 2 aromatic rings. The van der Waals surface area contributed by atoms with Crippen LogP contribution >= 0.6 is 12.2 Å². The second-order valence-electron chi connectivity index (χ2n) is 3.93. The molecule has 0 aliphatic rings. The third kappa shape index (κ3) is 2.68. The van der Waals surface area contributed by atoms with Crippen LogP contribution in [0.4, 0.5) is 8.78 Å². The third-order valence-electron chi connectivity index (χ3n) is 2.66. The first-order chi connectivity index (χ1) is 9.00. The number of nitrogens with two attached hydrogens (primary N) is 1. The highest BCUT2D eigenvalue weighted by atomic mass is 32.1. The van der Waals surface area contributed by atoms with E-state index in [4.69, 9.17) is 18.0 Å². The Morgan fingerprint density at radius 1 is 1.26 bits per heavy atom. The van der Waals surface area contributed by atoms with Crippen molar-refractivity contribution in [1.82, 2.24) is 4.57 Å². The highest BCUT2D eigenvalue weighted by molar-refractivity contribution is 7.80. The van der Waals surface area contributed by atoms with Gasteiger partial charge < -0.3 is 10.3 Å². The summed E-state index contributed by atoms with van der Waals surface area (Å²) in [6.07, 6.45) is 1.47. The van der Waals surface area contributed by atoms with Crippen molar-refractivity contribution < 1.29 is 8.78 Å². The van der Waals surface area contributed by atoms with Crippen LogP contribution in [-0.2, 0) is 6.54 Å². The number of halogens is 2. The van der Waals surface area contributed by atoms with Crippen LogP contribution < -0.4 is 11.3 Å². The van der Waals surface area contributed by atoms with Crippen molar-refractivity contribution in [3.05, 3.63) is 69.6 Å². The molecule has 0 bridgehead atoms. The number of hydrogen-bond donors (Lipinski definition) is 1. The van der Waals surface area contributed by atoms with Crippen LogP contribution in [-0.4, -0.2) is 9.56 Å². The summed E-state index contributed by atoms with van der Waals surface area (Å²) in [5, 5.41) is 0. The quantitative estimate of drug-likeness (QED) is 0.872.